The Morgan fingerprint density at radius 3 is 1.83 bits per heavy atom. The smallest absolute Gasteiger partial charge is 0.334 e. The van der Waals surface area contributed by atoms with E-state index in [1.807, 2.05) is 29.7 Å². The number of oxime groups is 2. The van der Waals surface area contributed by atoms with E-state index in [0.29, 0.717) is 59.0 Å². The standard InChI is InChI=1S/C34H42N4O8/c1-4-30(39)45-35-33(43-20-22-11-7-8-12-22)24-15-16-28-26(17-24)27-18-25(19-29(38(41)42)32(27)37(28)6-3)34(36-46-31(40)5-2)44-21-23-13-9-10-14-23/h15-19,22-23H,4-14,20-21H2,1-3H3/b35-33-,36-34-. The molecule has 0 saturated heterocycles. The van der Waals surface area contributed by atoms with Gasteiger partial charge in [0.2, 0.25) is 0 Å². The quantitative estimate of drug-likeness (QED) is 0.0660. The van der Waals surface area contributed by atoms with E-state index >= 15 is 0 Å². The molecule has 0 aliphatic heterocycles. The third-order valence-electron chi connectivity index (χ3n) is 8.84. The van der Waals surface area contributed by atoms with Gasteiger partial charge >= 0.3 is 11.9 Å². The molecule has 3 aromatic rings. The molecule has 0 radical (unpaired) electrons. The zero-order valence-corrected chi connectivity index (χ0v) is 26.8. The van der Waals surface area contributed by atoms with Crippen LogP contribution in [0.1, 0.15) is 96.1 Å². The van der Waals surface area contributed by atoms with Gasteiger partial charge in [-0.3, -0.25) is 10.1 Å². The molecule has 2 fully saturated rings. The van der Waals surface area contributed by atoms with E-state index in [4.69, 9.17) is 19.1 Å². The first-order valence-corrected chi connectivity index (χ1v) is 16.4. The van der Waals surface area contributed by atoms with Gasteiger partial charge < -0.3 is 23.7 Å². The molecule has 0 amide bonds. The Hall–Kier alpha value is -4.48. The maximum atomic E-state index is 12.5. The van der Waals surface area contributed by atoms with Crippen LogP contribution in [0, 0.1) is 22.0 Å². The van der Waals surface area contributed by atoms with E-state index in [0.717, 1.165) is 56.9 Å². The minimum absolute atomic E-state index is 0.0147. The molecule has 2 aliphatic rings. The predicted octanol–water partition coefficient (Wildman–Crippen LogP) is 7.37. The van der Waals surface area contributed by atoms with Crippen molar-refractivity contribution < 1.29 is 33.7 Å². The van der Waals surface area contributed by atoms with E-state index in [1.54, 1.807) is 19.9 Å². The minimum atomic E-state index is -0.544. The number of aromatic nitrogens is 1. The van der Waals surface area contributed by atoms with Crippen molar-refractivity contribution in [2.45, 2.75) is 91.5 Å². The van der Waals surface area contributed by atoms with Crippen molar-refractivity contribution in [3.63, 3.8) is 0 Å². The fraction of sp³-hybridized carbons (Fsp3) is 0.529. The second-order valence-corrected chi connectivity index (χ2v) is 12.0. The predicted molar refractivity (Wildman–Crippen MR) is 173 cm³/mol. The maximum Gasteiger partial charge on any atom is 0.334 e. The Balaban J connectivity index is 1.63. The van der Waals surface area contributed by atoms with Crippen molar-refractivity contribution >= 4 is 51.2 Å². The van der Waals surface area contributed by atoms with Gasteiger partial charge in [-0.1, -0.05) is 39.5 Å². The first-order chi connectivity index (χ1) is 22.3. The van der Waals surface area contributed by atoms with Gasteiger partial charge in [-0.05, 0) is 79.0 Å². The van der Waals surface area contributed by atoms with Crippen LogP contribution in [-0.2, 0) is 35.3 Å². The molecule has 0 spiro atoms. The summed E-state index contributed by atoms with van der Waals surface area (Å²) in [5.74, 6) is -0.115. The van der Waals surface area contributed by atoms with E-state index in [9.17, 15) is 19.7 Å². The number of hydrogen-bond donors (Lipinski definition) is 0. The largest absolute Gasteiger partial charge is 0.475 e. The van der Waals surface area contributed by atoms with Crippen LogP contribution in [0.15, 0.2) is 40.6 Å². The number of carbonyl (C=O) groups excluding carboxylic acids is 2. The molecule has 12 nitrogen and oxygen atoms in total. The van der Waals surface area contributed by atoms with Gasteiger partial charge in [0.05, 0.1) is 18.1 Å². The maximum absolute atomic E-state index is 12.5. The topological polar surface area (TPSA) is 144 Å². The Morgan fingerprint density at radius 1 is 0.804 bits per heavy atom. The summed E-state index contributed by atoms with van der Waals surface area (Å²) < 4.78 is 14.1. The average molecular weight is 635 g/mol. The van der Waals surface area contributed by atoms with E-state index in [2.05, 4.69) is 10.3 Å². The molecule has 5 rings (SSSR count). The molecule has 2 aromatic carbocycles. The first kappa shape index (κ1) is 32.9. The number of benzene rings is 2. The van der Waals surface area contributed by atoms with Crippen LogP contribution in [0.2, 0.25) is 0 Å². The lowest BCUT2D eigenvalue weighted by atomic mass is 10.1. The Labute approximate surface area is 267 Å². The molecular weight excluding hydrogens is 592 g/mol. The average Bonchev–Trinajstić information content (AvgIpc) is 3.85. The van der Waals surface area contributed by atoms with Gasteiger partial charge in [0, 0.05) is 52.9 Å². The van der Waals surface area contributed by atoms with Gasteiger partial charge in [0.1, 0.15) is 5.52 Å². The summed E-state index contributed by atoms with van der Waals surface area (Å²) in [7, 11) is 0. The van der Waals surface area contributed by atoms with Crippen molar-refractivity contribution in [3.05, 3.63) is 51.6 Å². The number of rotatable bonds is 12. The fourth-order valence-corrected chi connectivity index (χ4v) is 6.33. The molecule has 1 heterocycles. The van der Waals surface area contributed by atoms with Crippen LogP contribution in [0.5, 0.6) is 0 Å². The molecule has 0 atom stereocenters. The highest BCUT2D eigenvalue weighted by molar-refractivity contribution is 6.15. The minimum Gasteiger partial charge on any atom is -0.475 e. The number of non-ortho nitro benzene ring substituents is 1. The number of fused-ring (bicyclic) bond motifs is 3. The number of nitrogens with zero attached hydrogens (tertiary/aromatic N) is 4. The molecule has 46 heavy (non-hydrogen) atoms. The van der Waals surface area contributed by atoms with Crippen LogP contribution in [-0.4, -0.2) is 46.4 Å². The highest BCUT2D eigenvalue weighted by Crippen LogP contribution is 2.37. The highest BCUT2D eigenvalue weighted by Gasteiger charge is 2.26. The van der Waals surface area contributed by atoms with E-state index in [1.165, 1.54) is 6.07 Å². The van der Waals surface area contributed by atoms with Crippen molar-refractivity contribution in [3.8, 4) is 0 Å². The third-order valence-corrected chi connectivity index (χ3v) is 8.84. The number of nitro benzene ring substituents is 1. The summed E-state index contributed by atoms with van der Waals surface area (Å²) in [5, 5.41) is 21.9. The van der Waals surface area contributed by atoms with Gasteiger partial charge in [-0.15, -0.1) is 0 Å². The summed E-state index contributed by atoms with van der Waals surface area (Å²) >= 11 is 0. The number of carbonyl (C=O) groups is 2. The van der Waals surface area contributed by atoms with Crippen LogP contribution < -0.4 is 0 Å². The van der Waals surface area contributed by atoms with Crippen LogP contribution in [0.25, 0.3) is 21.8 Å². The number of ether oxygens (including phenoxy) is 2. The van der Waals surface area contributed by atoms with E-state index < -0.39 is 16.9 Å². The van der Waals surface area contributed by atoms with Crippen molar-refractivity contribution in [2.24, 2.45) is 22.1 Å². The van der Waals surface area contributed by atoms with Gasteiger partial charge in [-0.25, -0.2) is 9.59 Å². The Morgan fingerprint density at radius 2 is 1.33 bits per heavy atom. The summed E-state index contributed by atoms with van der Waals surface area (Å²) in [6.07, 6.45) is 9.01. The molecule has 0 unspecified atom stereocenters. The summed E-state index contributed by atoms with van der Waals surface area (Å²) in [5.41, 5.74) is 1.97. The molecule has 12 heteroatoms. The van der Waals surface area contributed by atoms with Gasteiger partial charge in [0.15, 0.2) is 0 Å². The molecule has 2 aliphatic carbocycles. The molecule has 0 bridgehead atoms. The second kappa shape index (κ2) is 15.2. The Bertz CT molecular complexity index is 1650. The molecular formula is C34H42N4O8. The normalized spacial score (nSPS) is 16.3. The monoisotopic (exact) mass is 634 g/mol. The lowest BCUT2D eigenvalue weighted by Crippen LogP contribution is -2.15. The Kier molecular flexibility index (Phi) is 10.9. The fourth-order valence-electron chi connectivity index (χ4n) is 6.33. The molecule has 0 N–H and O–H groups in total. The van der Waals surface area contributed by atoms with Crippen molar-refractivity contribution in [2.75, 3.05) is 13.2 Å². The molecule has 246 valence electrons. The number of aryl methyl sites for hydroxylation is 1. The lowest BCUT2D eigenvalue weighted by molar-refractivity contribution is -0.383. The summed E-state index contributed by atoms with van der Waals surface area (Å²) in [6, 6.07) is 8.72. The van der Waals surface area contributed by atoms with Gasteiger partial charge in [0.25, 0.3) is 17.5 Å². The first-order valence-electron chi connectivity index (χ1n) is 16.4. The lowest BCUT2D eigenvalue weighted by Gasteiger charge is -2.13. The molecule has 2 saturated carbocycles. The zero-order chi connectivity index (χ0) is 32.6. The SMILES string of the molecule is CCC(=O)O/N=C(\OCC1CCCC1)c1ccc2c(c1)c1cc(/C(=N/OC(=O)CC)OCC3CCCC3)cc([N+](=O)[O-])c1n2CC. The van der Waals surface area contributed by atoms with Crippen LogP contribution in [0.3, 0.4) is 0 Å². The van der Waals surface area contributed by atoms with Crippen molar-refractivity contribution in [1.82, 2.24) is 4.57 Å². The number of hydrogen-bond acceptors (Lipinski definition) is 10. The van der Waals surface area contributed by atoms with Crippen LogP contribution in [0.4, 0.5) is 5.69 Å². The van der Waals surface area contributed by atoms with E-state index in [-0.39, 0.29) is 30.3 Å². The number of nitro groups is 1. The zero-order valence-electron chi connectivity index (χ0n) is 26.8. The summed E-state index contributed by atoms with van der Waals surface area (Å²) in [4.78, 5) is 46.3. The highest BCUT2D eigenvalue weighted by atomic mass is 16.7. The van der Waals surface area contributed by atoms with Crippen LogP contribution >= 0.6 is 0 Å². The van der Waals surface area contributed by atoms with Gasteiger partial charge in [-0.2, -0.15) is 0 Å². The summed E-state index contributed by atoms with van der Waals surface area (Å²) in [6.45, 7) is 6.55. The molecule has 1 aromatic heterocycles. The van der Waals surface area contributed by atoms with Crippen molar-refractivity contribution in [1.29, 1.82) is 0 Å². The second-order valence-electron chi connectivity index (χ2n) is 12.0. The third kappa shape index (κ3) is 7.48.